The summed E-state index contributed by atoms with van der Waals surface area (Å²) in [5.41, 5.74) is 5.10. The molecular formula is C30H37N5O3. The van der Waals surface area contributed by atoms with Crippen molar-refractivity contribution in [2.75, 3.05) is 62.0 Å². The molecular weight excluding hydrogens is 478 g/mol. The molecule has 3 amide bonds. The normalized spacial score (nSPS) is 13.7. The fraction of sp³-hybridized carbons (Fsp3) is 0.333. The minimum absolute atomic E-state index is 0.162. The maximum Gasteiger partial charge on any atom is 0.323 e. The molecule has 0 radical (unpaired) electrons. The Morgan fingerprint density at radius 2 is 1.55 bits per heavy atom. The van der Waals surface area contributed by atoms with Crippen LogP contribution >= 0.6 is 0 Å². The summed E-state index contributed by atoms with van der Waals surface area (Å²) in [6.45, 7) is 7.46. The van der Waals surface area contributed by atoms with Crippen molar-refractivity contribution < 1.29 is 14.3 Å². The number of piperazine rings is 1. The third kappa shape index (κ3) is 7.81. The number of methoxy groups -OCH3 is 1. The molecule has 1 heterocycles. The highest BCUT2D eigenvalue weighted by Crippen LogP contribution is 2.26. The van der Waals surface area contributed by atoms with Gasteiger partial charge < -0.3 is 25.6 Å². The molecule has 8 heteroatoms. The number of amides is 3. The van der Waals surface area contributed by atoms with Gasteiger partial charge in [-0.25, -0.2) is 4.79 Å². The second-order valence-electron chi connectivity index (χ2n) is 9.53. The Kier molecular flexibility index (Phi) is 9.72. The van der Waals surface area contributed by atoms with E-state index in [1.807, 2.05) is 49.4 Å². The number of anilines is 3. The second-order valence-corrected chi connectivity index (χ2v) is 9.53. The summed E-state index contributed by atoms with van der Waals surface area (Å²) in [6.07, 6.45) is 0.729. The van der Waals surface area contributed by atoms with E-state index in [4.69, 9.17) is 4.74 Å². The molecule has 1 fully saturated rings. The van der Waals surface area contributed by atoms with Crippen LogP contribution < -0.4 is 20.9 Å². The summed E-state index contributed by atoms with van der Waals surface area (Å²) < 4.78 is 5.10. The van der Waals surface area contributed by atoms with Gasteiger partial charge in [0.25, 0.3) is 5.91 Å². The molecule has 4 rings (SSSR count). The van der Waals surface area contributed by atoms with Crippen LogP contribution in [0.1, 0.15) is 27.9 Å². The van der Waals surface area contributed by atoms with Crippen LogP contribution in [0.15, 0.2) is 72.8 Å². The second kappa shape index (κ2) is 13.6. The minimum Gasteiger partial charge on any atom is -0.385 e. The van der Waals surface area contributed by atoms with E-state index in [9.17, 15) is 9.59 Å². The number of ether oxygens (including phenoxy) is 1. The van der Waals surface area contributed by atoms with Gasteiger partial charge in [-0.05, 0) is 49.2 Å². The standard InChI is InChI=1S/C30H37N5O3/c1-23-9-11-25(12-10-23)32-30(37)33-26-13-14-28(27(21-26)29(36)31-15-6-20-38-2)35-18-16-34(17-19-35)22-24-7-4-3-5-8-24/h3-5,7-14,21H,6,15-20,22H2,1-2H3,(H,31,36)(H2,32,33,37). The van der Waals surface area contributed by atoms with E-state index >= 15 is 0 Å². The van der Waals surface area contributed by atoms with Gasteiger partial charge in [-0.2, -0.15) is 0 Å². The topological polar surface area (TPSA) is 85.9 Å². The van der Waals surface area contributed by atoms with E-state index in [2.05, 4.69) is 50.0 Å². The maximum atomic E-state index is 13.2. The van der Waals surface area contributed by atoms with Gasteiger partial charge in [0.05, 0.1) is 5.56 Å². The number of nitrogens with zero attached hydrogens (tertiary/aromatic N) is 2. The summed E-state index contributed by atoms with van der Waals surface area (Å²) in [5.74, 6) is -0.162. The Bertz CT molecular complexity index is 1190. The van der Waals surface area contributed by atoms with Gasteiger partial charge >= 0.3 is 6.03 Å². The highest BCUT2D eigenvalue weighted by molar-refractivity contribution is 6.04. The molecule has 3 aromatic carbocycles. The van der Waals surface area contributed by atoms with E-state index in [1.54, 1.807) is 13.2 Å². The van der Waals surface area contributed by atoms with Crippen LogP contribution in [0, 0.1) is 6.92 Å². The predicted molar refractivity (Wildman–Crippen MR) is 153 cm³/mol. The average Bonchev–Trinajstić information content (AvgIpc) is 2.93. The number of carbonyl (C=O) groups excluding carboxylic acids is 2. The van der Waals surface area contributed by atoms with Crippen molar-refractivity contribution in [1.29, 1.82) is 0 Å². The Labute approximate surface area is 225 Å². The lowest BCUT2D eigenvalue weighted by Crippen LogP contribution is -2.46. The zero-order valence-corrected chi connectivity index (χ0v) is 22.2. The molecule has 200 valence electrons. The van der Waals surface area contributed by atoms with Crippen molar-refractivity contribution >= 4 is 29.0 Å². The van der Waals surface area contributed by atoms with Crippen LogP contribution in [0.3, 0.4) is 0 Å². The van der Waals surface area contributed by atoms with Crippen molar-refractivity contribution in [3.63, 3.8) is 0 Å². The number of benzene rings is 3. The molecule has 1 aliphatic heterocycles. The summed E-state index contributed by atoms with van der Waals surface area (Å²) in [7, 11) is 1.65. The van der Waals surface area contributed by atoms with Crippen molar-refractivity contribution in [2.24, 2.45) is 0 Å². The smallest absolute Gasteiger partial charge is 0.323 e. The molecule has 0 saturated carbocycles. The molecule has 0 aliphatic carbocycles. The molecule has 0 spiro atoms. The van der Waals surface area contributed by atoms with Crippen molar-refractivity contribution in [3.8, 4) is 0 Å². The fourth-order valence-corrected chi connectivity index (χ4v) is 4.50. The van der Waals surface area contributed by atoms with Crippen LogP contribution in [-0.4, -0.2) is 63.3 Å². The summed E-state index contributed by atoms with van der Waals surface area (Å²) >= 11 is 0. The van der Waals surface area contributed by atoms with E-state index in [-0.39, 0.29) is 11.9 Å². The van der Waals surface area contributed by atoms with Gasteiger partial charge in [0, 0.05) is 70.0 Å². The molecule has 3 N–H and O–H groups in total. The Morgan fingerprint density at radius 1 is 0.868 bits per heavy atom. The molecule has 0 aromatic heterocycles. The number of urea groups is 1. The van der Waals surface area contributed by atoms with Gasteiger partial charge in [0.1, 0.15) is 0 Å². The van der Waals surface area contributed by atoms with Crippen LogP contribution in [0.4, 0.5) is 21.9 Å². The molecule has 1 aliphatic rings. The molecule has 38 heavy (non-hydrogen) atoms. The van der Waals surface area contributed by atoms with E-state index < -0.39 is 0 Å². The fourth-order valence-electron chi connectivity index (χ4n) is 4.50. The summed E-state index contributed by atoms with van der Waals surface area (Å²) in [4.78, 5) is 30.5. The molecule has 8 nitrogen and oxygen atoms in total. The Balaban J connectivity index is 1.44. The molecule has 0 unspecified atom stereocenters. The lowest BCUT2D eigenvalue weighted by atomic mass is 10.1. The number of carbonyl (C=O) groups is 2. The first kappa shape index (κ1) is 27.2. The first-order valence-electron chi connectivity index (χ1n) is 13.1. The Hall–Kier alpha value is -3.88. The van der Waals surface area contributed by atoms with E-state index in [0.29, 0.717) is 30.1 Å². The van der Waals surface area contributed by atoms with Crippen molar-refractivity contribution in [2.45, 2.75) is 19.9 Å². The highest BCUT2D eigenvalue weighted by Gasteiger charge is 2.22. The Morgan fingerprint density at radius 3 is 2.26 bits per heavy atom. The first-order chi connectivity index (χ1) is 18.5. The highest BCUT2D eigenvalue weighted by atomic mass is 16.5. The quantitative estimate of drug-likeness (QED) is 0.340. The van der Waals surface area contributed by atoms with Crippen molar-refractivity contribution in [1.82, 2.24) is 10.2 Å². The largest absolute Gasteiger partial charge is 0.385 e. The first-order valence-corrected chi connectivity index (χ1v) is 13.1. The lowest BCUT2D eigenvalue weighted by Gasteiger charge is -2.37. The molecule has 0 bridgehead atoms. The van der Waals surface area contributed by atoms with Crippen molar-refractivity contribution in [3.05, 3.63) is 89.5 Å². The average molecular weight is 516 g/mol. The molecule has 3 aromatic rings. The SMILES string of the molecule is COCCCNC(=O)c1cc(NC(=O)Nc2ccc(C)cc2)ccc1N1CCN(Cc2ccccc2)CC1. The van der Waals surface area contributed by atoms with Gasteiger partial charge in [-0.1, -0.05) is 48.0 Å². The number of hydrogen-bond donors (Lipinski definition) is 3. The maximum absolute atomic E-state index is 13.2. The third-order valence-corrected chi connectivity index (χ3v) is 6.58. The van der Waals surface area contributed by atoms with Crippen LogP contribution in [-0.2, 0) is 11.3 Å². The number of hydrogen-bond acceptors (Lipinski definition) is 5. The number of rotatable bonds is 10. The van der Waals surface area contributed by atoms with Crippen LogP contribution in [0.5, 0.6) is 0 Å². The minimum atomic E-state index is -0.359. The van der Waals surface area contributed by atoms with Gasteiger partial charge in [-0.15, -0.1) is 0 Å². The zero-order chi connectivity index (χ0) is 26.7. The zero-order valence-electron chi connectivity index (χ0n) is 22.2. The third-order valence-electron chi connectivity index (χ3n) is 6.58. The lowest BCUT2D eigenvalue weighted by molar-refractivity contribution is 0.0949. The number of aryl methyl sites for hydroxylation is 1. The van der Waals surface area contributed by atoms with Gasteiger partial charge in [-0.3, -0.25) is 9.69 Å². The summed E-state index contributed by atoms with van der Waals surface area (Å²) in [5, 5.41) is 8.70. The van der Waals surface area contributed by atoms with Crippen LogP contribution in [0.25, 0.3) is 0 Å². The predicted octanol–water partition coefficient (Wildman–Crippen LogP) is 4.73. The monoisotopic (exact) mass is 515 g/mol. The van der Waals surface area contributed by atoms with Gasteiger partial charge in [0.15, 0.2) is 0 Å². The summed E-state index contributed by atoms with van der Waals surface area (Å²) in [6, 6.07) is 23.2. The molecule has 0 atom stereocenters. The van der Waals surface area contributed by atoms with E-state index in [1.165, 1.54) is 5.56 Å². The molecule has 1 saturated heterocycles. The van der Waals surface area contributed by atoms with Gasteiger partial charge in [0.2, 0.25) is 0 Å². The van der Waals surface area contributed by atoms with Crippen LogP contribution in [0.2, 0.25) is 0 Å². The van der Waals surface area contributed by atoms with E-state index in [0.717, 1.165) is 50.4 Å². The number of nitrogens with one attached hydrogen (secondary N) is 3.